The van der Waals surface area contributed by atoms with E-state index in [0.29, 0.717) is 11.3 Å². The lowest BCUT2D eigenvalue weighted by Crippen LogP contribution is -2.32. The molecule has 20 heavy (non-hydrogen) atoms. The highest BCUT2D eigenvalue weighted by atomic mass is 35.5. The van der Waals surface area contributed by atoms with Crippen molar-refractivity contribution < 1.29 is 4.74 Å². The molecule has 1 N–H and O–H groups in total. The van der Waals surface area contributed by atoms with Gasteiger partial charge in [-0.1, -0.05) is 24.9 Å². The van der Waals surface area contributed by atoms with Crippen molar-refractivity contribution in [3.8, 4) is 5.75 Å². The molecule has 0 saturated carbocycles. The van der Waals surface area contributed by atoms with Gasteiger partial charge in [-0.3, -0.25) is 0 Å². The van der Waals surface area contributed by atoms with Crippen molar-refractivity contribution in [3.05, 3.63) is 28.8 Å². The molecule has 1 fully saturated rings. The van der Waals surface area contributed by atoms with E-state index >= 15 is 0 Å². The fraction of sp³-hybridized carbons (Fsp3) is 0.625. The third-order valence-corrected chi connectivity index (χ3v) is 5.42. The van der Waals surface area contributed by atoms with E-state index in [1.165, 1.54) is 30.6 Å². The molecule has 0 radical (unpaired) electrons. The molecule has 1 saturated heterocycles. The number of nitrogens with one attached hydrogen (secondary N) is 1. The van der Waals surface area contributed by atoms with Gasteiger partial charge in [0.2, 0.25) is 0 Å². The average Bonchev–Trinajstić information content (AvgIpc) is 2.49. The van der Waals surface area contributed by atoms with Crippen LogP contribution in [0.15, 0.2) is 18.2 Å². The van der Waals surface area contributed by atoms with Crippen LogP contribution in [-0.2, 0) is 0 Å². The summed E-state index contributed by atoms with van der Waals surface area (Å²) in [5, 5.41) is 5.09. The Morgan fingerprint density at radius 1 is 1.45 bits per heavy atom. The highest BCUT2D eigenvalue weighted by molar-refractivity contribution is 8.00. The van der Waals surface area contributed by atoms with Gasteiger partial charge in [0.05, 0.1) is 7.11 Å². The second-order valence-electron chi connectivity index (χ2n) is 5.22. The summed E-state index contributed by atoms with van der Waals surface area (Å²) < 4.78 is 5.54. The fourth-order valence-corrected chi connectivity index (χ4v) is 4.34. The normalized spacial score (nSPS) is 20.6. The second kappa shape index (κ2) is 8.16. The lowest BCUT2D eigenvalue weighted by molar-refractivity contribution is 0.393. The van der Waals surface area contributed by atoms with Gasteiger partial charge in [0, 0.05) is 21.9 Å². The first-order chi connectivity index (χ1) is 9.76. The molecule has 0 aromatic heterocycles. The molecule has 2 nitrogen and oxygen atoms in total. The van der Waals surface area contributed by atoms with Gasteiger partial charge in [-0.25, -0.2) is 0 Å². The number of halogens is 1. The number of thioether (sulfide) groups is 1. The highest BCUT2D eigenvalue weighted by Crippen LogP contribution is 2.39. The van der Waals surface area contributed by atoms with Crippen LogP contribution in [0.3, 0.4) is 0 Å². The van der Waals surface area contributed by atoms with Gasteiger partial charge >= 0.3 is 0 Å². The quantitative estimate of drug-likeness (QED) is 0.824. The number of hydrogen-bond donors (Lipinski definition) is 1. The van der Waals surface area contributed by atoms with Crippen molar-refractivity contribution in [2.24, 2.45) is 0 Å². The van der Waals surface area contributed by atoms with E-state index in [1.807, 2.05) is 12.1 Å². The van der Waals surface area contributed by atoms with Gasteiger partial charge < -0.3 is 10.1 Å². The molecule has 0 bridgehead atoms. The first-order valence-corrected chi connectivity index (χ1v) is 8.87. The monoisotopic (exact) mass is 313 g/mol. The Kier molecular flexibility index (Phi) is 6.53. The van der Waals surface area contributed by atoms with E-state index in [1.54, 1.807) is 7.11 Å². The Bertz CT molecular complexity index is 421. The minimum atomic E-state index is 0.328. The second-order valence-corrected chi connectivity index (χ2v) is 7.01. The Hall–Kier alpha value is -0.380. The van der Waals surface area contributed by atoms with Crippen molar-refractivity contribution in [1.82, 2.24) is 5.32 Å². The van der Waals surface area contributed by atoms with E-state index < -0.39 is 0 Å². The van der Waals surface area contributed by atoms with Crippen LogP contribution in [0.4, 0.5) is 0 Å². The molecule has 4 heteroatoms. The van der Waals surface area contributed by atoms with E-state index in [2.05, 4.69) is 30.1 Å². The largest absolute Gasteiger partial charge is 0.496 e. The zero-order valence-electron chi connectivity index (χ0n) is 12.3. The number of methoxy groups -OCH3 is 1. The zero-order valence-corrected chi connectivity index (χ0v) is 13.9. The van der Waals surface area contributed by atoms with Crippen LogP contribution >= 0.6 is 23.4 Å². The summed E-state index contributed by atoms with van der Waals surface area (Å²) in [6.07, 6.45) is 5.07. The lowest BCUT2D eigenvalue weighted by Gasteiger charge is -2.32. The van der Waals surface area contributed by atoms with Crippen molar-refractivity contribution in [1.29, 1.82) is 0 Å². The van der Waals surface area contributed by atoms with Gasteiger partial charge in [-0.15, -0.1) is 0 Å². The van der Waals surface area contributed by atoms with Gasteiger partial charge in [0.1, 0.15) is 5.75 Å². The van der Waals surface area contributed by atoms with Gasteiger partial charge in [-0.05, 0) is 49.8 Å². The summed E-state index contributed by atoms with van der Waals surface area (Å²) in [5.41, 5.74) is 1.20. The molecular formula is C16H24ClNOS. The average molecular weight is 314 g/mol. The first-order valence-electron chi connectivity index (χ1n) is 7.44. The van der Waals surface area contributed by atoms with Gasteiger partial charge in [0.25, 0.3) is 0 Å². The summed E-state index contributed by atoms with van der Waals surface area (Å²) in [6, 6.07) is 6.26. The molecule has 0 amide bonds. The predicted octanol–water partition coefficient (Wildman–Crippen LogP) is 4.68. The topological polar surface area (TPSA) is 21.3 Å². The maximum atomic E-state index is 6.20. The van der Waals surface area contributed by atoms with Gasteiger partial charge in [-0.2, -0.15) is 11.8 Å². The summed E-state index contributed by atoms with van der Waals surface area (Å²) in [5.74, 6) is 2.20. The maximum absolute atomic E-state index is 6.20. The minimum absolute atomic E-state index is 0.328. The van der Waals surface area contributed by atoms with Crippen LogP contribution in [0.2, 0.25) is 5.02 Å². The smallest absolute Gasteiger partial charge is 0.123 e. The molecule has 1 heterocycles. The molecule has 1 aromatic carbocycles. The Morgan fingerprint density at radius 3 is 2.95 bits per heavy atom. The molecule has 2 atom stereocenters. The van der Waals surface area contributed by atoms with Crippen LogP contribution in [0.25, 0.3) is 0 Å². The lowest BCUT2D eigenvalue weighted by atomic mass is 9.98. The zero-order chi connectivity index (χ0) is 14.4. The van der Waals surface area contributed by atoms with Crippen LogP contribution in [0.1, 0.15) is 44.2 Å². The first kappa shape index (κ1) is 16.0. The van der Waals surface area contributed by atoms with Crippen molar-refractivity contribution in [2.75, 3.05) is 19.4 Å². The highest BCUT2D eigenvalue weighted by Gasteiger charge is 2.27. The van der Waals surface area contributed by atoms with Gasteiger partial charge in [0.15, 0.2) is 0 Å². The summed E-state index contributed by atoms with van der Waals surface area (Å²) in [6.45, 7) is 3.23. The molecule has 1 aliphatic rings. The van der Waals surface area contributed by atoms with Crippen molar-refractivity contribution in [3.63, 3.8) is 0 Å². The Morgan fingerprint density at radius 2 is 2.30 bits per heavy atom. The van der Waals surface area contributed by atoms with E-state index in [0.717, 1.165) is 23.7 Å². The number of benzene rings is 1. The molecule has 1 aromatic rings. The molecule has 0 spiro atoms. The number of ether oxygens (including phenoxy) is 1. The standard InChI is InChI=1S/C16H24ClNOS/c1-3-9-18-16(15-6-4-5-10-20-15)13-11-12(17)7-8-14(13)19-2/h7-8,11,15-16,18H,3-6,9-10H2,1-2H3. The predicted molar refractivity (Wildman–Crippen MR) is 89.1 cm³/mol. The number of rotatable bonds is 6. The van der Waals surface area contributed by atoms with Crippen molar-refractivity contribution >= 4 is 23.4 Å². The Balaban J connectivity index is 2.26. The Labute approximate surface area is 131 Å². The molecule has 1 aliphatic heterocycles. The van der Waals surface area contributed by atoms with E-state index in [4.69, 9.17) is 16.3 Å². The SMILES string of the molecule is CCCNC(c1cc(Cl)ccc1OC)C1CCCCS1. The molecule has 0 aliphatic carbocycles. The molecule has 112 valence electrons. The molecule has 2 rings (SSSR count). The van der Waals surface area contributed by atoms with Crippen molar-refractivity contribution in [2.45, 2.75) is 43.9 Å². The minimum Gasteiger partial charge on any atom is -0.496 e. The maximum Gasteiger partial charge on any atom is 0.123 e. The fourth-order valence-electron chi connectivity index (χ4n) is 2.72. The van der Waals surface area contributed by atoms with Crippen LogP contribution < -0.4 is 10.1 Å². The summed E-state index contributed by atoms with van der Waals surface area (Å²) in [7, 11) is 1.73. The van der Waals surface area contributed by atoms with E-state index in [9.17, 15) is 0 Å². The van der Waals surface area contributed by atoms with Crippen LogP contribution in [0, 0.1) is 0 Å². The molecule has 2 unspecified atom stereocenters. The van der Waals surface area contributed by atoms with Crippen LogP contribution in [-0.4, -0.2) is 24.7 Å². The summed E-state index contributed by atoms with van der Waals surface area (Å²) >= 11 is 8.28. The summed E-state index contributed by atoms with van der Waals surface area (Å²) in [4.78, 5) is 0. The third kappa shape index (κ3) is 4.06. The number of hydrogen-bond acceptors (Lipinski definition) is 3. The third-order valence-electron chi connectivity index (χ3n) is 3.73. The van der Waals surface area contributed by atoms with Crippen LogP contribution in [0.5, 0.6) is 5.75 Å². The van der Waals surface area contributed by atoms with E-state index in [-0.39, 0.29) is 0 Å². The molecular weight excluding hydrogens is 290 g/mol.